The van der Waals surface area contributed by atoms with E-state index in [0.717, 1.165) is 10.5 Å². The van der Waals surface area contributed by atoms with E-state index in [9.17, 15) is 9.59 Å². The van der Waals surface area contributed by atoms with Crippen molar-refractivity contribution in [2.75, 3.05) is 11.9 Å². The Morgan fingerprint density at radius 2 is 2.22 bits per heavy atom. The van der Waals surface area contributed by atoms with Crippen molar-refractivity contribution in [1.29, 1.82) is 0 Å². The standard InChI is InChI=1S/C15H14ClN3O4/c16-10-4-1-3-9(7-10)11-8-13(23-18-11)17-14(20)12-5-2-6-19(12)15(21)22/h1,3-4,7-8,12H,2,5-6H2,(H,17,20)(H,21,22). The predicted octanol–water partition coefficient (Wildman–Crippen LogP) is 3.08. The number of hydrogen-bond donors (Lipinski definition) is 2. The lowest BCUT2D eigenvalue weighted by Crippen LogP contribution is -2.42. The van der Waals surface area contributed by atoms with Crippen LogP contribution in [0.3, 0.4) is 0 Å². The summed E-state index contributed by atoms with van der Waals surface area (Å²) in [5, 5.41) is 16.1. The first-order valence-corrected chi connectivity index (χ1v) is 7.45. The molecule has 1 aliphatic heterocycles. The first-order chi connectivity index (χ1) is 11.0. The number of rotatable bonds is 3. The molecule has 23 heavy (non-hydrogen) atoms. The maximum absolute atomic E-state index is 12.2. The lowest BCUT2D eigenvalue weighted by atomic mass is 10.1. The van der Waals surface area contributed by atoms with Crippen LogP contribution in [-0.2, 0) is 4.79 Å². The third-order valence-corrected chi connectivity index (χ3v) is 3.91. The Balaban J connectivity index is 1.72. The van der Waals surface area contributed by atoms with E-state index >= 15 is 0 Å². The van der Waals surface area contributed by atoms with Gasteiger partial charge in [0.2, 0.25) is 11.8 Å². The lowest BCUT2D eigenvalue weighted by molar-refractivity contribution is -0.120. The molecule has 0 radical (unpaired) electrons. The van der Waals surface area contributed by atoms with Crippen LogP contribution in [0.1, 0.15) is 12.8 Å². The van der Waals surface area contributed by atoms with Crippen LogP contribution in [0, 0.1) is 0 Å². The Hall–Kier alpha value is -2.54. The fourth-order valence-electron chi connectivity index (χ4n) is 2.59. The highest BCUT2D eigenvalue weighted by Crippen LogP contribution is 2.25. The summed E-state index contributed by atoms with van der Waals surface area (Å²) in [6, 6.07) is 7.95. The van der Waals surface area contributed by atoms with Gasteiger partial charge in [0, 0.05) is 23.2 Å². The van der Waals surface area contributed by atoms with Crippen molar-refractivity contribution in [3.8, 4) is 11.3 Å². The molecular weight excluding hydrogens is 322 g/mol. The molecule has 8 heteroatoms. The zero-order chi connectivity index (χ0) is 16.4. The number of carbonyl (C=O) groups excluding carboxylic acids is 1. The first kappa shape index (κ1) is 15.4. The SMILES string of the molecule is O=C(Nc1cc(-c2cccc(Cl)c2)no1)C1CCCN1C(=O)O. The number of hydrogen-bond acceptors (Lipinski definition) is 4. The number of nitrogens with zero attached hydrogens (tertiary/aromatic N) is 2. The fraction of sp³-hybridized carbons (Fsp3) is 0.267. The highest BCUT2D eigenvalue weighted by molar-refractivity contribution is 6.30. The quantitative estimate of drug-likeness (QED) is 0.898. The minimum absolute atomic E-state index is 0.169. The second-order valence-electron chi connectivity index (χ2n) is 5.21. The number of carbonyl (C=O) groups is 2. The van der Waals surface area contributed by atoms with Gasteiger partial charge in [-0.15, -0.1) is 0 Å². The average Bonchev–Trinajstić information content (AvgIpc) is 3.16. The van der Waals surface area contributed by atoms with Crippen molar-refractivity contribution in [3.63, 3.8) is 0 Å². The fourth-order valence-corrected chi connectivity index (χ4v) is 2.78. The van der Waals surface area contributed by atoms with E-state index < -0.39 is 18.0 Å². The molecular formula is C15H14ClN3O4. The molecule has 0 saturated carbocycles. The normalized spacial score (nSPS) is 17.3. The summed E-state index contributed by atoms with van der Waals surface area (Å²) in [6.45, 7) is 0.359. The molecule has 2 amide bonds. The topological polar surface area (TPSA) is 95.7 Å². The zero-order valence-electron chi connectivity index (χ0n) is 12.0. The van der Waals surface area contributed by atoms with Gasteiger partial charge in [-0.3, -0.25) is 15.0 Å². The largest absolute Gasteiger partial charge is 0.465 e. The smallest absolute Gasteiger partial charge is 0.407 e. The van der Waals surface area contributed by atoms with Gasteiger partial charge in [-0.05, 0) is 25.0 Å². The van der Waals surface area contributed by atoms with Crippen LogP contribution in [0.15, 0.2) is 34.9 Å². The number of anilines is 1. The number of amides is 2. The van der Waals surface area contributed by atoms with Gasteiger partial charge in [0.05, 0.1) is 0 Å². The van der Waals surface area contributed by atoms with Crippen LogP contribution in [0.5, 0.6) is 0 Å². The summed E-state index contributed by atoms with van der Waals surface area (Å²) < 4.78 is 5.09. The second kappa shape index (κ2) is 6.29. The predicted molar refractivity (Wildman–Crippen MR) is 83.3 cm³/mol. The summed E-state index contributed by atoms with van der Waals surface area (Å²) in [4.78, 5) is 24.4. The second-order valence-corrected chi connectivity index (χ2v) is 5.65. The molecule has 2 aromatic rings. The molecule has 1 fully saturated rings. The van der Waals surface area contributed by atoms with Crippen LogP contribution in [0.4, 0.5) is 10.7 Å². The van der Waals surface area contributed by atoms with Crippen molar-refractivity contribution < 1.29 is 19.2 Å². The van der Waals surface area contributed by atoms with Gasteiger partial charge >= 0.3 is 6.09 Å². The highest BCUT2D eigenvalue weighted by atomic mass is 35.5. The lowest BCUT2D eigenvalue weighted by Gasteiger charge is -2.19. The Kier molecular flexibility index (Phi) is 4.20. The monoisotopic (exact) mass is 335 g/mol. The molecule has 1 atom stereocenters. The van der Waals surface area contributed by atoms with Crippen molar-refractivity contribution in [2.24, 2.45) is 0 Å². The highest BCUT2D eigenvalue weighted by Gasteiger charge is 2.34. The molecule has 120 valence electrons. The molecule has 0 bridgehead atoms. The summed E-state index contributed by atoms with van der Waals surface area (Å²) in [5.41, 5.74) is 1.29. The first-order valence-electron chi connectivity index (χ1n) is 7.07. The number of carboxylic acid groups (broad SMARTS) is 1. The van der Waals surface area contributed by atoms with Crippen LogP contribution < -0.4 is 5.32 Å². The van der Waals surface area contributed by atoms with Crippen LogP contribution in [0.2, 0.25) is 5.02 Å². The van der Waals surface area contributed by atoms with E-state index in [-0.39, 0.29) is 5.88 Å². The van der Waals surface area contributed by atoms with E-state index in [2.05, 4.69) is 10.5 Å². The van der Waals surface area contributed by atoms with Gasteiger partial charge in [0.15, 0.2) is 0 Å². The van der Waals surface area contributed by atoms with Crippen molar-refractivity contribution in [3.05, 3.63) is 35.4 Å². The van der Waals surface area contributed by atoms with Gasteiger partial charge in [-0.2, -0.15) is 0 Å². The maximum Gasteiger partial charge on any atom is 0.407 e. The summed E-state index contributed by atoms with van der Waals surface area (Å²) in [5.74, 6) is -0.249. The molecule has 1 saturated heterocycles. The Morgan fingerprint density at radius 1 is 1.39 bits per heavy atom. The zero-order valence-corrected chi connectivity index (χ0v) is 12.8. The van der Waals surface area contributed by atoms with Crippen LogP contribution in [-0.4, -0.2) is 39.8 Å². The summed E-state index contributed by atoms with van der Waals surface area (Å²) in [6.07, 6.45) is 0.0574. The molecule has 0 spiro atoms. The number of benzene rings is 1. The Bertz CT molecular complexity index is 746. The third-order valence-electron chi connectivity index (χ3n) is 3.68. The van der Waals surface area contributed by atoms with Crippen molar-refractivity contribution in [2.45, 2.75) is 18.9 Å². The van der Waals surface area contributed by atoms with Crippen LogP contribution in [0.25, 0.3) is 11.3 Å². The van der Waals surface area contributed by atoms with E-state index in [1.807, 2.05) is 6.07 Å². The van der Waals surface area contributed by atoms with Gasteiger partial charge in [0.1, 0.15) is 11.7 Å². The Labute approximate surface area is 136 Å². The molecule has 3 rings (SSSR count). The Morgan fingerprint density at radius 3 is 2.96 bits per heavy atom. The van der Waals surface area contributed by atoms with Crippen molar-refractivity contribution in [1.82, 2.24) is 10.1 Å². The maximum atomic E-state index is 12.2. The molecule has 0 aliphatic carbocycles. The number of aromatic nitrogens is 1. The van der Waals surface area contributed by atoms with E-state index in [1.165, 1.54) is 0 Å². The number of nitrogens with one attached hydrogen (secondary N) is 1. The third kappa shape index (κ3) is 3.29. The summed E-state index contributed by atoms with van der Waals surface area (Å²) >= 11 is 5.93. The van der Waals surface area contributed by atoms with Gasteiger partial charge < -0.3 is 9.63 Å². The number of likely N-dealkylation sites (tertiary alicyclic amines) is 1. The van der Waals surface area contributed by atoms with E-state index in [0.29, 0.717) is 30.1 Å². The average molecular weight is 336 g/mol. The van der Waals surface area contributed by atoms with Crippen LogP contribution >= 0.6 is 11.6 Å². The molecule has 1 aromatic carbocycles. The molecule has 1 aromatic heterocycles. The minimum atomic E-state index is -1.10. The minimum Gasteiger partial charge on any atom is -0.465 e. The van der Waals surface area contributed by atoms with Gasteiger partial charge in [0.25, 0.3) is 0 Å². The van der Waals surface area contributed by atoms with E-state index in [1.54, 1.807) is 24.3 Å². The molecule has 7 nitrogen and oxygen atoms in total. The molecule has 2 N–H and O–H groups in total. The summed E-state index contributed by atoms with van der Waals surface area (Å²) in [7, 11) is 0. The molecule has 1 unspecified atom stereocenters. The van der Waals surface area contributed by atoms with Crippen molar-refractivity contribution >= 4 is 29.5 Å². The van der Waals surface area contributed by atoms with Gasteiger partial charge in [-0.25, -0.2) is 4.79 Å². The van der Waals surface area contributed by atoms with Gasteiger partial charge in [-0.1, -0.05) is 28.9 Å². The molecule has 2 heterocycles. The molecule has 1 aliphatic rings. The number of halogens is 1. The van der Waals surface area contributed by atoms with E-state index in [4.69, 9.17) is 21.2 Å².